The highest BCUT2D eigenvalue weighted by Gasteiger charge is 2.22. The lowest BCUT2D eigenvalue weighted by Crippen LogP contribution is -2.30. The number of para-hydroxylation sites is 1. The van der Waals surface area contributed by atoms with Gasteiger partial charge in [0.25, 0.3) is 17.4 Å². The number of anilines is 2. The summed E-state index contributed by atoms with van der Waals surface area (Å²) in [6.45, 7) is 3.53. The van der Waals surface area contributed by atoms with E-state index in [-0.39, 0.29) is 22.9 Å². The molecular weight excluding hydrogens is 655 g/mol. The SMILES string of the molecule is COc1ccc(/C=C(\NC(=O)c2ccccc2)C(=O)Nc2ccc(SC(C)C(=O)Nc3c(C)n(C)n(-c4ccccc4)c3=O)cc2)cc1OC. The normalized spacial score (nSPS) is 11.7. The van der Waals surface area contributed by atoms with Crippen molar-refractivity contribution >= 4 is 46.9 Å². The average Bonchev–Trinajstić information content (AvgIpc) is 3.34. The summed E-state index contributed by atoms with van der Waals surface area (Å²) in [5.74, 6) is -0.324. The maximum atomic E-state index is 13.5. The van der Waals surface area contributed by atoms with Crippen LogP contribution in [0, 0.1) is 6.92 Å². The van der Waals surface area contributed by atoms with E-state index in [0.29, 0.717) is 39.7 Å². The average molecular weight is 692 g/mol. The third-order valence-corrected chi connectivity index (χ3v) is 8.96. The Labute approximate surface area is 293 Å². The molecule has 1 atom stereocenters. The zero-order valence-electron chi connectivity index (χ0n) is 28.2. The molecule has 50 heavy (non-hydrogen) atoms. The molecule has 0 aliphatic rings. The smallest absolute Gasteiger partial charge is 0.295 e. The maximum Gasteiger partial charge on any atom is 0.295 e. The van der Waals surface area contributed by atoms with Crippen LogP contribution < -0.4 is 31.0 Å². The number of benzene rings is 4. The van der Waals surface area contributed by atoms with Crippen LogP contribution in [-0.4, -0.2) is 46.6 Å². The lowest BCUT2D eigenvalue weighted by molar-refractivity contribution is -0.115. The predicted molar refractivity (Wildman–Crippen MR) is 196 cm³/mol. The third kappa shape index (κ3) is 8.16. The van der Waals surface area contributed by atoms with Gasteiger partial charge in [-0.15, -0.1) is 11.8 Å². The van der Waals surface area contributed by atoms with Crippen molar-refractivity contribution in [2.75, 3.05) is 24.9 Å². The molecule has 11 nitrogen and oxygen atoms in total. The highest BCUT2D eigenvalue weighted by molar-refractivity contribution is 8.00. The summed E-state index contributed by atoms with van der Waals surface area (Å²) in [7, 11) is 4.81. The molecule has 5 rings (SSSR count). The van der Waals surface area contributed by atoms with Crippen LogP contribution in [0.2, 0.25) is 0 Å². The van der Waals surface area contributed by atoms with Crippen LogP contribution >= 0.6 is 11.8 Å². The van der Waals surface area contributed by atoms with Gasteiger partial charge < -0.3 is 25.4 Å². The standard InChI is InChI=1S/C38H37N5O6S/c1-24-34(38(47)43(42(24)3)29-14-10-7-11-15-29)41-35(44)25(2)50-30-19-17-28(18-20-30)39-37(46)31(40-36(45)27-12-8-6-9-13-27)22-26-16-21-32(48-4)33(23-26)49-5/h6-23,25H,1-5H3,(H,39,46)(H,40,45)(H,41,44)/b31-22-. The van der Waals surface area contributed by atoms with Gasteiger partial charge in [0.1, 0.15) is 11.4 Å². The van der Waals surface area contributed by atoms with Crippen LogP contribution in [0.15, 0.2) is 119 Å². The molecule has 4 aromatic carbocycles. The molecule has 0 fully saturated rings. The molecule has 0 spiro atoms. The van der Waals surface area contributed by atoms with Crippen LogP contribution in [0.4, 0.5) is 11.4 Å². The van der Waals surface area contributed by atoms with Gasteiger partial charge in [0.2, 0.25) is 5.91 Å². The van der Waals surface area contributed by atoms with Crippen LogP contribution in [0.3, 0.4) is 0 Å². The third-order valence-electron chi connectivity index (χ3n) is 7.84. The quantitative estimate of drug-likeness (QED) is 0.108. The number of nitrogens with zero attached hydrogens (tertiary/aromatic N) is 2. The number of thioether (sulfide) groups is 1. The fraction of sp³-hybridized carbons (Fsp3) is 0.158. The fourth-order valence-corrected chi connectivity index (χ4v) is 5.93. The molecule has 3 amide bonds. The summed E-state index contributed by atoms with van der Waals surface area (Å²) < 4.78 is 13.9. The fourth-order valence-electron chi connectivity index (χ4n) is 5.06. The van der Waals surface area contributed by atoms with Gasteiger partial charge >= 0.3 is 0 Å². The summed E-state index contributed by atoms with van der Waals surface area (Å²) in [6.07, 6.45) is 1.55. The van der Waals surface area contributed by atoms with Gasteiger partial charge in [0.05, 0.1) is 30.9 Å². The number of methoxy groups -OCH3 is 2. The maximum absolute atomic E-state index is 13.5. The van der Waals surface area contributed by atoms with Gasteiger partial charge in [-0.3, -0.25) is 23.9 Å². The van der Waals surface area contributed by atoms with E-state index in [2.05, 4.69) is 16.0 Å². The van der Waals surface area contributed by atoms with Crippen molar-refractivity contribution in [1.29, 1.82) is 0 Å². The van der Waals surface area contributed by atoms with Gasteiger partial charge in [-0.25, -0.2) is 4.68 Å². The number of carbonyl (C=O) groups excluding carboxylic acids is 3. The zero-order valence-corrected chi connectivity index (χ0v) is 29.0. The first kappa shape index (κ1) is 35.3. The van der Waals surface area contributed by atoms with Crippen LogP contribution in [0.5, 0.6) is 11.5 Å². The second-order valence-electron chi connectivity index (χ2n) is 11.2. The number of hydrogen-bond donors (Lipinski definition) is 3. The van der Waals surface area contributed by atoms with Gasteiger partial charge in [0.15, 0.2) is 11.5 Å². The van der Waals surface area contributed by atoms with Crippen molar-refractivity contribution in [1.82, 2.24) is 14.7 Å². The molecule has 0 saturated carbocycles. The second kappa shape index (κ2) is 15.9. The Bertz CT molecular complexity index is 2090. The number of aromatic nitrogens is 2. The van der Waals surface area contributed by atoms with E-state index in [1.54, 1.807) is 104 Å². The van der Waals surface area contributed by atoms with E-state index in [9.17, 15) is 19.2 Å². The van der Waals surface area contributed by atoms with Crippen LogP contribution in [-0.2, 0) is 16.6 Å². The topological polar surface area (TPSA) is 133 Å². The summed E-state index contributed by atoms with van der Waals surface area (Å²) in [4.78, 5) is 53.7. The molecule has 0 aliphatic heterocycles. The molecular formula is C38H37N5O6S. The van der Waals surface area contributed by atoms with E-state index in [1.807, 2.05) is 30.3 Å². The first-order valence-corrected chi connectivity index (χ1v) is 16.5. The van der Waals surface area contributed by atoms with Crippen molar-refractivity contribution in [2.24, 2.45) is 7.05 Å². The predicted octanol–water partition coefficient (Wildman–Crippen LogP) is 6.03. The van der Waals surface area contributed by atoms with Crippen LogP contribution in [0.1, 0.15) is 28.5 Å². The van der Waals surface area contributed by atoms with E-state index in [4.69, 9.17) is 9.47 Å². The number of carbonyl (C=O) groups is 3. The van der Waals surface area contributed by atoms with E-state index in [0.717, 1.165) is 4.90 Å². The molecule has 0 radical (unpaired) electrons. The van der Waals surface area contributed by atoms with Crippen molar-refractivity contribution in [2.45, 2.75) is 24.0 Å². The Morgan fingerprint density at radius 3 is 2.10 bits per heavy atom. The van der Waals surface area contributed by atoms with Crippen LogP contribution in [0.25, 0.3) is 11.8 Å². The molecule has 0 bridgehead atoms. The minimum absolute atomic E-state index is 0.0114. The molecule has 1 aromatic heterocycles. The van der Waals surface area contributed by atoms with Gasteiger partial charge in [-0.2, -0.15) is 0 Å². The first-order valence-electron chi connectivity index (χ1n) is 15.6. The van der Waals surface area contributed by atoms with Crippen molar-refractivity contribution in [3.8, 4) is 17.2 Å². The minimum atomic E-state index is -0.545. The van der Waals surface area contributed by atoms with E-state index >= 15 is 0 Å². The lowest BCUT2D eigenvalue weighted by Gasteiger charge is -2.14. The lowest BCUT2D eigenvalue weighted by atomic mass is 10.1. The largest absolute Gasteiger partial charge is 0.493 e. The Kier molecular flexibility index (Phi) is 11.2. The summed E-state index contributed by atoms with van der Waals surface area (Å²) >= 11 is 1.31. The monoisotopic (exact) mass is 691 g/mol. The summed E-state index contributed by atoms with van der Waals surface area (Å²) in [5.41, 5.74) is 2.71. The summed E-state index contributed by atoms with van der Waals surface area (Å²) in [5, 5.41) is 7.83. The highest BCUT2D eigenvalue weighted by Crippen LogP contribution is 2.29. The number of hydrogen-bond acceptors (Lipinski definition) is 7. The molecule has 0 saturated heterocycles. The minimum Gasteiger partial charge on any atom is -0.493 e. The second-order valence-corrected chi connectivity index (χ2v) is 12.6. The summed E-state index contributed by atoms with van der Waals surface area (Å²) in [6, 6.07) is 29.9. The van der Waals surface area contributed by atoms with Gasteiger partial charge in [-0.1, -0.05) is 42.5 Å². The Morgan fingerprint density at radius 2 is 1.46 bits per heavy atom. The number of nitrogens with one attached hydrogen (secondary N) is 3. The number of rotatable bonds is 12. The zero-order chi connectivity index (χ0) is 35.8. The molecule has 256 valence electrons. The molecule has 3 N–H and O–H groups in total. The van der Waals surface area contributed by atoms with Crippen molar-refractivity contribution in [3.63, 3.8) is 0 Å². The Hall–Kier alpha value is -6.01. The first-order chi connectivity index (χ1) is 24.1. The number of amides is 3. The molecule has 0 aliphatic carbocycles. The Balaban J connectivity index is 1.28. The van der Waals surface area contributed by atoms with Gasteiger partial charge in [0, 0.05) is 23.2 Å². The molecule has 12 heteroatoms. The molecule has 1 unspecified atom stereocenters. The molecule has 1 heterocycles. The van der Waals surface area contributed by atoms with E-state index < -0.39 is 17.1 Å². The number of ether oxygens (including phenoxy) is 2. The van der Waals surface area contributed by atoms with Crippen molar-refractivity contribution in [3.05, 3.63) is 136 Å². The van der Waals surface area contributed by atoms with Gasteiger partial charge in [-0.05, 0) is 86.2 Å². The Morgan fingerprint density at radius 1 is 0.820 bits per heavy atom. The molecule has 5 aromatic rings. The van der Waals surface area contributed by atoms with Crippen molar-refractivity contribution < 1.29 is 23.9 Å². The van der Waals surface area contributed by atoms with E-state index in [1.165, 1.54) is 30.7 Å². The highest BCUT2D eigenvalue weighted by atomic mass is 32.2.